The molecule has 0 amide bonds. The van der Waals surface area contributed by atoms with Crippen LogP contribution in [0.3, 0.4) is 0 Å². The van der Waals surface area contributed by atoms with Crippen molar-refractivity contribution in [1.82, 2.24) is 9.97 Å². The second-order valence-electron chi connectivity index (χ2n) is 4.64. The number of nitrogens with zero attached hydrogens (tertiary/aromatic N) is 2. The van der Waals surface area contributed by atoms with Gasteiger partial charge in [-0.1, -0.05) is 19.1 Å². The number of nitrogens with one attached hydrogen (secondary N) is 1. The van der Waals surface area contributed by atoms with Crippen LogP contribution in [0.25, 0.3) is 0 Å². The second-order valence-corrected chi connectivity index (χ2v) is 4.64. The summed E-state index contributed by atoms with van der Waals surface area (Å²) >= 11 is 0. The van der Waals surface area contributed by atoms with Crippen LogP contribution in [-0.4, -0.2) is 23.6 Å². The van der Waals surface area contributed by atoms with Crippen molar-refractivity contribution in [2.75, 3.05) is 19.0 Å². The van der Waals surface area contributed by atoms with E-state index in [0.717, 1.165) is 23.7 Å². The molecular weight excluding hydrogens is 266 g/mol. The van der Waals surface area contributed by atoms with E-state index in [4.69, 9.17) is 9.47 Å². The average molecular weight is 287 g/mol. The SMILES string of the molecule is CCCOc1ccccc1OCc1nc(C)cc(NC)n1. The number of ether oxygens (including phenoxy) is 2. The zero-order valence-electron chi connectivity index (χ0n) is 12.7. The molecule has 112 valence electrons. The summed E-state index contributed by atoms with van der Waals surface area (Å²) in [5.41, 5.74) is 0.906. The molecule has 0 aliphatic carbocycles. The van der Waals surface area contributed by atoms with E-state index in [9.17, 15) is 0 Å². The highest BCUT2D eigenvalue weighted by Gasteiger charge is 2.06. The van der Waals surface area contributed by atoms with Crippen molar-refractivity contribution >= 4 is 5.82 Å². The van der Waals surface area contributed by atoms with Crippen LogP contribution in [0.15, 0.2) is 30.3 Å². The van der Waals surface area contributed by atoms with Gasteiger partial charge in [-0.3, -0.25) is 0 Å². The topological polar surface area (TPSA) is 56.3 Å². The van der Waals surface area contributed by atoms with Crippen molar-refractivity contribution in [3.63, 3.8) is 0 Å². The number of anilines is 1. The van der Waals surface area contributed by atoms with Gasteiger partial charge in [-0.05, 0) is 25.5 Å². The minimum Gasteiger partial charge on any atom is -0.490 e. The molecule has 0 spiro atoms. The number of para-hydroxylation sites is 2. The molecule has 0 bridgehead atoms. The van der Waals surface area contributed by atoms with Crippen molar-refractivity contribution in [3.05, 3.63) is 41.9 Å². The molecular formula is C16H21N3O2. The highest BCUT2D eigenvalue weighted by molar-refractivity contribution is 5.39. The van der Waals surface area contributed by atoms with Gasteiger partial charge in [-0.2, -0.15) is 0 Å². The fraction of sp³-hybridized carbons (Fsp3) is 0.375. The van der Waals surface area contributed by atoms with Gasteiger partial charge in [0.1, 0.15) is 12.4 Å². The molecule has 0 saturated carbocycles. The van der Waals surface area contributed by atoms with Crippen molar-refractivity contribution in [1.29, 1.82) is 0 Å². The average Bonchev–Trinajstić information content (AvgIpc) is 2.51. The molecule has 2 rings (SSSR count). The minimum atomic E-state index is 0.308. The van der Waals surface area contributed by atoms with E-state index in [2.05, 4.69) is 22.2 Å². The van der Waals surface area contributed by atoms with E-state index in [1.54, 1.807) is 0 Å². The van der Waals surface area contributed by atoms with Crippen molar-refractivity contribution in [2.45, 2.75) is 26.9 Å². The molecule has 1 aromatic carbocycles. The Bertz CT molecular complexity index is 587. The number of rotatable bonds is 7. The Morgan fingerprint density at radius 1 is 1.10 bits per heavy atom. The summed E-state index contributed by atoms with van der Waals surface area (Å²) in [6, 6.07) is 9.53. The highest BCUT2D eigenvalue weighted by atomic mass is 16.5. The normalized spacial score (nSPS) is 10.2. The van der Waals surface area contributed by atoms with Gasteiger partial charge in [0, 0.05) is 18.8 Å². The maximum atomic E-state index is 5.80. The van der Waals surface area contributed by atoms with Crippen LogP contribution in [0, 0.1) is 6.92 Å². The molecule has 21 heavy (non-hydrogen) atoms. The molecule has 1 aromatic heterocycles. The van der Waals surface area contributed by atoms with E-state index in [1.807, 2.05) is 44.3 Å². The fourth-order valence-corrected chi connectivity index (χ4v) is 1.87. The molecule has 0 radical (unpaired) electrons. The molecule has 0 saturated heterocycles. The lowest BCUT2D eigenvalue weighted by Crippen LogP contribution is -2.06. The quantitative estimate of drug-likeness (QED) is 0.847. The van der Waals surface area contributed by atoms with E-state index in [-0.39, 0.29) is 0 Å². The summed E-state index contributed by atoms with van der Waals surface area (Å²) in [5, 5.41) is 3.01. The predicted octanol–water partition coefficient (Wildman–Crippen LogP) is 3.19. The third-order valence-corrected chi connectivity index (χ3v) is 2.82. The number of aromatic nitrogens is 2. The molecule has 1 N–H and O–H groups in total. The largest absolute Gasteiger partial charge is 0.490 e. The third kappa shape index (κ3) is 4.34. The molecule has 0 aliphatic rings. The summed E-state index contributed by atoms with van der Waals surface area (Å²) in [6.45, 7) is 4.99. The van der Waals surface area contributed by atoms with Gasteiger partial charge in [0.15, 0.2) is 17.3 Å². The third-order valence-electron chi connectivity index (χ3n) is 2.82. The molecule has 1 heterocycles. The summed E-state index contributed by atoms with van der Waals surface area (Å²) in [7, 11) is 1.83. The van der Waals surface area contributed by atoms with Crippen LogP contribution in [0.1, 0.15) is 24.9 Å². The molecule has 0 fully saturated rings. The minimum absolute atomic E-state index is 0.308. The maximum Gasteiger partial charge on any atom is 0.168 e. The first-order valence-electron chi connectivity index (χ1n) is 7.10. The van der Waals surface area contributed by atoms with Gasteiger partial charge in [-0.15, -0.1) is 0 Å². The summed E-state index contributed by atoms with van der Waals surface area (Å²) in [6.07, 6.45) is 0.959. The zero-order valence-corrected chi connectivity index (χ0v) is 12.7. The summed E-state index contributed by atoms with van der Waals surface area (Å²) < 4.78 is 11.5. The monoisotopic (exact) mass is 287 g/mol. The smallest absolute Gasteiger partial charge is 0.168 e. The Labute approximate surface area is 125 Å². The second kappa shape index (κ2) is 7.47. The van der Waals surface area contributed by atoms with Crippen LogP contribution in [0.2, 0.25) is 0 Å². The molecule has 0 unspecified atom stereocenters. The van der Waals surface area contributed by atoms with Crippen LogP contribution < -0.4 is 14.8 Å². The van der Waals surface area contributed by atoms with E-state index in [1.165, 1.54) is 0 Å². The number of aryl methyl sites for hydroxylation is 1. The molecule has 0 atom stereocenters. The van der Waals surface area contributed by atoms with Gasteiger partial charge in [-0.25, -0.2) is 9.97 Å². The first kappa shape index (κ1) is 15.1. The highest BCUT2D eigenvalue weighted by Crippen LogP contribution is 2.27. The summed E-state index contributed by atoms with van der Waals surface area (Å²) in [5.74, 6) is 2.89. The Morgan fingerprint density at radius 3 is 2.48 bits per heavy atom. The first-order valence-corrected chi connectivity index (χ1v) is 7.10. The number of hydrogen-bond donors (Lipinski definition) is 1. The molecule has 2 aromatic rings. The predicted molar refractivity (Wildman–Crippen MR) is 82.9 cm³/mol. The molecule has 5 nitrogen and oxygen atoms in total. The lowest BCUT2D eigenvalue weighted by atomic mass is 10.3. The summed E-state index contributed by atoms with van der Waals surface area (Å²) in [4.78, 5) is 8.74. The Morgan fingerprint density at radius 2 is 1.81 bits per heavy atom. The van der Waals surface area contributed by atoms with Crippen LogP contribution in [0.5, 0.6) is 11.5 Å². The van der Waals surface area contributed by atoms with Gasteiger partial charge < -0.3 is 14.8 Å². The standard InChI is InChI=1S/C16H21N3O2/c1-4-9-20-13-7-5-6-8-14(13)21-11-16-18-12(2)10-15(17-3)19-16/h5-8,10H,4,9,11H2,1-3H3,(H,17,18,19). The Kier molecular flexibility index (Phi) is 5.37. The van der Waals surface area contributed by atoms with E-state index in [0.29, 0.717) is 24.8 Å². The van der Waals surface area contributed by atoms with Crippen LogP contribution in [-0.2, 0) is 6.61 Å². The molecule has 0 aliphatic heterocycles. The van der Waals surface area contributed by atoms with E-state index < -0.39 is 0 Å². The lowest BCUT2D eigenvalue weighted by molar-refractivity contribution is 0.256. The van der Waals surface area contributed by atoms with Gasteiger partial charge in [0.25, 0.3) is 0 Å². The van der Waals surface area contributed by atoms with Crippen LogP contribution in [0.4, 0.5) is 5.82 Å². The fourth-order valence-electron chi connectivity index (χ4n) is 1.87. The Hall–Kier alpha value is -2.30. The van der Waals surface area contributed by atoms with Gasteiger partial charge in [0.2, 0.25) is 0 Å². The van der Waals surface area contributed by atoms with Crippen molar-refractivity contribution in [2.24, 2.45) is 0 Å². The maximum absolute atomic E-state index is 5.80. The Balaban J connectivity index is 2.07. The molecule has 5 heteroatoms. The van der Waals surface area contributed by atoms with Crippen molar-refractivity contribution < 1.29 is 9.47 Å². The zero-order chi connectivity index (χ0) is 15.1. The van der Waals surface area contributed by atoms with Gasteiger partial charge >= 0.3 is 0 Å². The van der Waals surface area contributed by atoms with Crippen molar-refractivity contribution in [3.8, 4) is 11.5 Å². The lowest BCUT2D eigenvalue weighted by Gasteiger charge is -2.12. The van der Waals surface area contributed by atoms with Gasteiger partial charge in [0.05, 0.1) is 6.61 Å². The number of benzene rings is 1. The van der Waals surface area contributed by atoms with E-state index >= 15 is 0 Å². The first-order chi connectivity index (χ1) is 10.2. The number of hydrogen-bond acceptors (Lipinski definition) is 5. The van der Waals surface area contributed by atoms with Crippen LogP contribution >= 0.6 is 0 Å².